The first kappa shape index (κ1) is 13.9. The highest BCUT2D eigenvalue weighted by atomic mass is 16.5. The fourth-order valence-corrected chi connectivity index (χ4v) is 3.39. The molecule has 0 spiro atoms. The molecule has 2 N–H and O–H groups in total. The van der Waals surface area contributed by atoms with Crippen molar-refractivity contribution in [2.75, 3.05) is 26.2 Å². The number of fused-ring (bicyclic) bond motifs is 1. The number of hydrogen-bond donors (Lipinski definition) is 1. The maximum absolute atomic E-state index is 6.19. The van der Waals surface area contributed by atoms with Gasteiger partial charge in [0, 0.05) is 12.6 Å². The summed E-state index contributed by atoms with van der Waals surface area (Å²) in [6, 6.07) is 6.67. The van der Waals surface area contributed by atoms with Gasteiger partial charge in [0.15, 0.2) is 0 Å². The molecule has 110 valence electrons. The van der Waals surface area contributed by atoms with Crippen LogP contribution in [0.1, 0.15) is 49.3 Å². The van der Waals surface area contributed by atoms with Crippen molar-refractivity contribution < 1.29 is 4.74 Å². The van der Waals surface area contributed by atoms with Gasteiger partial charge in [0.2, 0.25) is 0 Å². The van der Waals surface area contributed by atoms with Crippen LogP contribution in [0.25, 0.3) is 0 Å². The van der Waals surface area contributed by atoms with Crippen LogP contribution in [0.5, 0.6) is 5.75 Å². The van der Waals surface area contributed by atoms with Crippen molar-refractivity contribution in [1.29, 1.82) is 0 Å². The van der Waals surface area contributed by atoms with Gasteiger partial charge >= 0.3 is 0 Å². The fourth-order valence-electron chi connectivity index (χ4n) is 3.39. The van der Waals surface area contributed by atoms with E-state index in [-0.39, 0.29) is 6.04 Å². The molecule has 0 radical (unpaired) electrons. The number of nitrogens with two attached hydrogens (primary N) is 1. The number of rotatable bonds is 5. The summed E-state index contributed by atoms with van der Waals surface area (Å²) in [6.07, 6.45) is 7.32. The molecule has 1 unspecified atom stereocenters. The van der Waals surface area contributed by atoms with Gasteiger partial charge in [-0.2, -0.15) is 0 Å². The SMILES string of the molecule is NC1CCCc2ccc(OCCCN3CCCC3)cc21. The normalized spacial score (nSPS) is 22.8. The maximum Gasteiger partial charge on any atom is 0.119 e. The van der Waals surface area contributed by atoms with Crippen molar-refractivity contribution in [3.8, 4) is 5.75 Å². The van der Waals surface area contributed by atoms with E-state index in [0.717, 1.165) is 31.6 Å². The second-order valence-electron chi connectivity index (χ2n) is 6.11. The third kappa shape index (κ3) is 3.33. The van der Waals surface area contributed by atoms with E-state index in [0.29, 0.717) is 0 Å². The van der Waals surface area contributed by atoms with E-state index in [1.165, 1.54) is 50.0 Å². The van der Waals surface area contributed by atoms with Gasteiger partial charge in [-0.05, 0) is 74.9 Å². The molecule has 1 fully saturated rings. The molecule has 1 aromatic carbocycles. The minimum atomic E-state index is 0.201. The molecule has 2 aliphatic rings. The lowest BCUT2D eigenvalue weighted by Gasteiger charge is -2.23. The van der Waals surface area contributed by atoms with E-state index in [9.17, 15) is 0 Å². The Bertz CT molecular complexity index is 441. The van der Waals surface area contributed by atoms with Crippen LogP contribution in [-0.4, -0.2) is 31.1 Å². The molecule has 1 saturated heterocycles. The Hall–Kier alpha value is -1.06. The van der Waals surface area contributed by atoms with E-state index in [2.05, 4.69) is 23.1 Å². The number of benzene rings is 1. The van der Waals surface area contributed by atoms with Crippen LogP contribution in [0.15, 0.2) is 18.2 Å². The van der Waals surface area contributed by atoms with Gasteiger partial charge in [0.05, 0.1) is 6.61 Å². The van der Waals surface area contributed by atoms with E-state index in [1.54, 1.807) is 0 Å². The van der Waals surface area contributed by atoms with E-state index >= 15 is 0 Å². The lowest BCUT2D eigenvalue weighted by molar-refractivity contribution is 0.263. The van der Waals surface area contributed by atoms with Crippen molar-refractivity contribution in [1.82, 2.24) is 4.90 Å². The Labute approximate surface area is 122 Å². The summed E-state index contributed by atoms with van der Waals surface area (Å²) >= 11 is 0. The van der Waals surface area contributed by atoms with Crippen LogP contribution in [0, 0.1) is 0 Å². The van der Waals surface area contributed by atoms with Crippen LogP contribution >= 0.6 is 0 Å². The Morgan fingerprint density at radius 3 is 2.90 bits per heavy atom. The minimum absolute atomic E-state index is 0.201. The van der Waals surface area contributed by atoms with Gasteiger partial charge < -0.3 is 15.4 Å². The highest BCUT2D eigenvalue weighted by molar-refractivity contribution is 5.39. The standard InChI is InChI=1S/C17H26N2O/c18-17-6-3-5-14-7-8-15(13-16(14)17)20-12-4-11-19-9-1-2-10-19/h7-8,13,17H,1-6,9-12,18H2. The maximum atomic E-state index is 6.19. The number of ether oxygens (including phenoxy) is 1. The Morgan fingerprint density at radius 2 is 2.05 bits per heavy atom. The third-order valence-electron chi connectivity index (χ3n) is 4.56. The monoisotopic (exact) mass is 274 g/mol. The van der Waals surface area contributed by atoms with Crippen molar-refractivity contribution in [2.45, 2.75) is 44.6 Å². The zero-order chi connectivity index (χ0) is 13.8. The highest BCUT2D eigenvalue weighted by Crippen LogP contribution is 2.30. The van der Waals surface area contributed by atoms with Gasteiger partial charge in [-0.25, -0.2) is 0 Å². The van der Waals surface area contributed by atoms with E-state index in [1.807, 2.05) is 0 Å². The summed E-state index contributed by atoms with van der Waals surface area (Å²) < 4.78 is 5.90. The van der Waals surface area contributed by atoms with Crippen molar-refractivity contribution >= 4 is 0 Å². The molecule has 0 aromatic heterocycles. The first-order valence-electron chi connectivity index (χ1n) is 8.06. The summed E-state index contributed by atoms with van der Waals surface area (Å²) in [6.45, 7) is 4.52. The predicted molar refractivity (Wildman–Crippen MR) is 82.1 cm³/mol. The summed E-state index contributed by atoms with van der Waals surface area (Å²) in [5.41, 5.74) is 8.90. The number of nitrogens with zero attached hydrogens (tertiary/aromatic N) is 1. The molecule has 1 aromatic rings. The zero-order valence-electron chi connectivity index (χ0n) is 12.3. The molecular formula is C17H26N2O. The van der Waals surface area contributed by atoms with Crippen molar-refractivity contribution in [3.05, 3.63) is 29.3 Å². The quantitative estimate of drug-likeness (QED) is 0.839. The smallest absolute Gasteiger partial charge is 0.119 e. The summed E-state index contributed by atoms with van der Waals surface area (Å²) in [5, 5.41) is 0. The molecule has 20 heavy (non-hydrogen) atoms. The molecular weight excluding hydrogens is 248 g/mol. The second kappa shape index (κ2) is 6.59. The zero-order valence-corrected chi connectivity index (χ0v) is 12.3. The van der Waals surface area contributed by atoms with Crippen molar-refractivity contribution in [2.24, 2.45) is 5.73 Å². The molecule has 1 heterocycles. The van der Waals surface area contributed by atoms with Crippen LogP contribution in [0.2, 0.25) is 0 Å². The van der Waals surface area contributed by atoms with Crippen LogP contribution in [-0.2, 0) is 6.42 Å². The molecule has 1 aliphatic heterocycles. The lowest BCUT2D eigenvalue weighted by Crippen LogP contribution is -2.22. The average molecular weight is 274 g/mol. The molecule has 0 bridgehead atoms. The Morgan fingerprint density at radius 1 is 1.20 bits per heavy atom. The third-order valence-corrected chi connectivity index (χ3v) is 4.56. The number of hydrogen-bond acceptors (Lipinski definition) is 3. The first-order chi connectivity index (χ1) is 9.83. The van der Waals surface area contributed by atoms with E-state index < -0.39 is 0 Å². The molecule has 1 aliphatic carbocycles. The second-order valence-corrected chi connectivity index (χ2v) is 6.11. The molecule has 3 nitrogen and oxygen atoms in total. The largest absolute Gasteiger partial charge is 0.494 e. The fraction of sp³-hybridized carbons (Fsp3) is 0.647. The van der Waals surface area contributed by atoms with Gasteiger partial charge in [-0.15, -0.1) is 0 Å². The minimum Gasteiger partial charge on any atom is -0.494 e. The Balaban J connectivity index is 1.49. The van der Waals surface area contributed by atoms with E-state index in [4.69, 9.17) is 10.5 Å². The Kier molecular flexibility index (Phi) is 4.58. The topological polar surface area (TPSA) is 38.5 Å². The number of aryl methyl sites for hydroxylation is 1. The molecule has 3 heteroatoms. The highest BCUT2D eigenvalue weighted by Gasteiger charge is 2.17. The molecule has 3 rings (SSSR count). The van der Waals surface area contributed by atoms with Crippen LogP contribution in [0.3, 0.4) is 0 Å². The summed E-state index contributed by atoms with van der Waals surface area (Å²) in [5.74, 6) is 0.988. The van der Waals surface area contributed by atoms with Crippen LogP contribution in [0.4, 0.5) is 0 Å². The average Bonchev–Trinajstić information content (AvgIpc) is 2.98. The van der Waals surface area contributed by atoms with Crippen molar-refractivity contribution in [3.63, 3.8) is 0 Å². The first-order valence-corrected chi connectivity index (χ1v) is 8.06. The predicted octanol–water partition coefficient (Wildman–Crippen LogP) is 2.89. The molecule has 1 atom stereocenters. The van der Waals surface area contributed by atoms with Crippen LogP contribution < -0.4 is 10.5 Å². The van der Waals surface area contributed by atoms with Gasteiger partial charge in [0.1, 0.15) is 5.75 Å². The summed E-state index contributed by atoms with van der Waals surface area (Å²) in [7, 11) is 0. The lowest BCUT2D eigenvalue weighted by atomic mass is 9.88. The van der Waals surface area contributed by atoms with Gasteiger partial charge in [-0.1, -0.05) is 6.07 Å². The summed E-state index contributed by atoms with van der Waals surface area (Å²) in [4.78, 5) is 2.53. The molecule has 0 amide bonds. The van der Waals surface area contributed by atoms with Gasteiger partial charge in [0.25, 0.3) is 0 Å². The number of likely N-dealkylation sites (tertiary alicyclic amines) is 1. The molecule has 0 saturated carbocycles. The van der Waals surface area contributed by atoms with Gasteiger partial charge in [-0.3, -0.25) is 0 Å².